The lowest BCUT2D eigenvalue weighted by Gasteiger charge is -2.49. The van der Waals surface area contributed by atoms with E-state index in [0.29, 0.717) is 5.57 Å². The van der Waals surface area contributed by atoms with Gasteiger partial charge in [0.15, 0.2) is 10.8 Å². The normalized spacial score (nSPS) is 21.3. The quantitative estimate of drug-likeness (QED) is 0.136. The van der Waals surface area contributed by atoms with Crippen LogP contribution in [0, 0.1) is 0 Å². The molecule has 166 valence electrons. The fourth-order valence-electron chi connectivity index (χ4n) is 2.78. The number of carboxylic acids is 1. The van der Waals surface area contributed by atoms with Gasteiger partial charge in [0.05, 0.1) is 0 Å². The summed E-state index contributed by atoms with van der Waals surface area (Å²) in [6.07, 6.45) is 0.288. The third-order valence-corrected chi connectivity index (χ3v) is 6.52. The number of nitrogens with two attached hydrogens (primary N) is 1. The van der Waals surface area contributed by atoms with Gasteiger partial charge < -0.3 is 30.8 Å². The van der Waals surface area contributed by atoms with Gasteiger partial charge in [0, 0.05) is 11.1 Å². The first kappa shape index (κ1) is 23.0. The Hall–Kier alpha value is -2.71. The zero-order chi connectivity index (χ0) is 22.9. The highest BCUT2D eigenvalue weighted by molar-refractivity contribution is 8.00. The van der Waals surface area contributed by atoms with E-state index in [9.17, 15) is 24.1 Å². The van der Waals surface area contributed by atoms with Gasteiger partial charge in [-0.3, -0.25) is 19.1 Å². The largest absolute Gasteiger partial charge is 0.477 e. The second-order valence-electron chi connectivity index (χ2n) is 6.18. The minimum Gasteiger partial charge on any atom is -0.477 e. The number of fused-ring (bicyclic) bond motifs is 1. The van der Waals surface area contributed by atoms with Gasteiger partial charge in [-0.2, -0.15) is 0 Å². The number of carbonyl (C=O) groups is 3. The standard InChI is InChI=1S/C15H16N5O8PS2/c1-2-6-3-30-13-9(12(22)20(13)10(6)14(23)24)18-11(21)8(7-4-31-15(16)17-7)19-28-5-29(25,26)27/h2,4,9,13H,1,3,5H2,(H2,16,17)(H,18,21)(H,23,24)(H2,25,26,27)/t9?,13-/m1/s1. The molecule has 0 saturated carbocycles. The van der Waals surface area contributed by atoms with Gasteiger partial charge in [0.2, 0.25) is 6.35 Å². The Morgan fingerprint density at radius 2 is 2.23 bits per heavy atom. The number of aromatic nitrogens is 1. The van der Waals surface area contributed by atoms with Crippen molar-refractivity contribution < 1.29 is 38.7 Å². The predicted octanol–water partition coefficient (Wildman–Crippen LogP) is -0.494. The van der Waals surface area contributed by atoms with Crippen LogP contribution in [0.3, 0.4) is 0 Å². The maximum atomic E-state index is 12.8. The van der Waals surface area contributed by atoms with Crippen LogP contribution < -0.4 is 11.1 Å². The summed E-state index contributed by atoms with van der Waals surface area (Å²) < 4.78 is 10.9. The SMILES string of the molecule is C=CC1=C(C(=O)O)N2C(=O)C(NC(=O)C(=NOCP(=O)(O)O)c3csc(N)n3)[C@H]2SC1. The van der Waals surface area contributed by atoms with Crippen LogP contribution in [0.15, 0.2) is 34.5 Å². The van der Waals surface area contributed by atoms with Crippen molar-refractivity contribution in [1.82, 2.24) is 15.2 Å². The average molecular weight is 489 g/mol. The number of nitrogen functional groups attached to an aromatic ring is 1. The van der Waals surface area contributed by atoms with Gasteiger partial charge in [-0.25, -0.2) is 9.78 Å². The van der Waals surface area contributed by atoms with E-state index >= 15 is 0 Å². The number of oxime groups is 1. The van der Waals surface area contributed by atoms with Gasteiger partial charge in [-0.1, -0.05) is 17.8 Å². The number of rotatable bonds is 8. The summed E-state index contributed by atoms with van der Waals surface area (Å²) in [5, 5.41) is 16.1. The highest BCUT2D eigenvalue weighted by Gasteiger charge is 2.54. The summed E-state index contributed by atoms with van der Waals surface area (Å²) >= 11 is 2.23. The molecular weight excluding hydrogens is 473 g/mol. The minimum absolute atomic E-state index is 0.0225. The van der Waals surface area contributed by atoms with Gasteiger partial charge >= 0.3 is 13.6 Å². The van der Waals surface area contributed by atoms with Crippen LogP contribution >= 0.6 is 30.7 Å². The molecule has 31 heavy (non-hydrogen) atoms. The van der Waals surface area contributed by atoms with Crippen molar-refractivity contribution >= 4 is 59.3 Å². The van der Waals surface area contributed by atoms with Crippen molar-refractivity contribution in [3.63, 3.8) is 0 Å². The summed E-state index contributed by atoms with van der Waals surface area (Å²) in [5.74, 6) is -2.56. The van der Waals surface area contributed by atoms with Gasteiger partial charge in [0.1, 0.15) is 22.8 Å². The third-order valence-electron chi connectivity index (χ3n) is 4.09. The van der Waals surface area contributed by atoms with Crippen molar-refractivity contribution in [3.8, 4) is 0 Å². The summed E-state index contributed by atoms with van der Waals surface area (Å²) in [6.45, 7) is 3.55. The molecule has 13 nitrogen and oxygen atoms in total. The second-order valence-corrected chi connectivity index (χ2v) is 9.76. The number of aliphatic carboxylic acids is 1. The maximum absolute atomic E-state index is 12.8. The molecule has 0 spiro atoms. The molecule has 0 aliphatic carbocycles. The molecule has 1 aromatic rings. The number of hydrogen-bond donors (Lipinski definition) is 5. The smallest absolute Gasteiger partial charge is 0.365 e. The molecule has 2 aliphatic heterocycles. The van der Waals surface area contributed by atoms with E-state index < -0.39 is 48.9 Å². The molecule has 3 heterocycles. The van der Waals surface area contributed by atoms with E-state index in [2.05, 4.69) is 26.9 Å². The maximum Gasteiger partial charge on any atom is 0.365 e. The number of β-lactam (4-membered cyclic amide) rings is 1. The van der Waals surface area contributed by atoms with Crippen molar-refractivity contribution in [2.45, 2.75) is 11.4 Å². The molecule has 2 amide bonds. The fraction of sp³-hybridized carbons (Fsp3) is 0.267. The zero-order valence-corrected chi connectivity index (χ0v) is 18.0. The molecule has 2 atom stereocenters. The molecule has 0 bridgehead atoms. The first-order valence-corrected chi connectivity index (χ1v) is 12.1. The fourth-order valence-corrected chi connectivity index (χ4v) is 4.87. The summed E-state index contributed by atoms with van der Waals surface area (Å²) in [5.41, 5.74) is 5.28. The van der Waals surface area contributed by atoms with Gasteiger partial charge in [0.25, 0.3) is 11.8 Å². The van der Waals surface area contributed by atoms with E-state index in [-0.39, 0.29) is 22.3 Å². The molecule has 1 saturated heterocycles. The number of amides is 2. The third kappa shape index (κ3) is 4.80. The number of anilines is 1. The summed E-state index contributed by atoms with van der Waals surface area (Å²) in [6, 6.07) is -1.05. The first-order valence-electron chi connectivity index (χ1n) is 8.33. The van der Waals surface area contributed by atoms with Crippen molar-refractivity contribution in [3.05, 3.63) is 35.0 Å². The van der Waals surface area contributed by atoms with Crippen LogP contribution in [0.2, 0.25) is 0 Å². The summed E-state index contributed by atoms with van der Waals surface area (Å²) in [4.78, 5) is 64.2. The number of hydrogen-bond acceptors (Lipinski definition) is 10. The first-order chi connectivity index (χ1) is 14.5. The van der Waals surface area contributed by atoms with Crippen LogP contribution in [-0.4, -0.2) is 71.8 Å². The lowest BCUT2D eigenvalue weighted by atomic mass is 10.0. The molecule has 0 aromatic carbocycles. The van der Waals surface area contributed by atoms with E-state index in [1.54, 1.807) is 0 Å². The van der Waals surface area contributed by atoms with E-state index in [0.717, 1.165) is 16.2 Å². The van der Waals surface area contributed by atoms with Gasteiger partial charge in [-0.05, 0) is 5.57 Å². The van der Waals surface area contributed by atoms with E-state index in [1.165, 1.54) is 23.2 Å². The van der Waals surface area contributed by atoms with Crippen LogP contribution in [0.4, 0.5) is 5.13 Å². The zero-order valence-electron chi connectivity index (χ0n) is 15.5. The monoisotopic (exact) mass is 489 g/mol. The van der Waals surface area contributed by atoms with Gasteiger partial charge in [-0.15, -0.1) is 23.1 Å². The second kappa shape index (κ2) is 8.80. The molecular formula is C15H16N5O8PS2. The molecule has 6 N–H and O–H groups in total. The van der Waals surface area contributed by atoms with E-state index in [1.807, 2.05) is 0 Å². The summed E-state index contributed by atoms with van der Waals surface area (Å²) in [7, 11) is -4.55. The van der Waals surface area contributed by atoms with Crippen molar-refractivity contribution in [2.24, 2.45) is 5.16 Å². The molecule has 3 rings (SSSR count). The molecule has 16 heteroatoms. The highest BCUT2D eigenvalue weighted by Crippen LogP contribution is 2.40. The lowest BCUT2D eigenvalue weighted by Crippen LogP contribution is -2.71. The van der Waals surface area contributed by atoms with Crippen molar-refractivity contribution in [2.75, 3.05) is 17.8 Å². The lowest BCUT2D eigenvalue weighted by molar-refractivity contribution is -0.150. The molecule has 0 radical (unpaired) electrons. The number of thioether (sulfide) groups is 1. The predicted molar refractivity (Wildman–Crippen MR) is 111 cm³/mol. The molecule has 1 fully saturated rings. The van der Waals surface area contributed by atoms with Crippen molar-refractivity contribution in [1.29, 1.82) is 0 Å². The Balaban J connectivity index is 1.80. The average Bonchev–Trinajstić information content (AvgIpc) is 3.12. The van der Waals surface area contributed by atoms with Crippen LogP contribution in [0.1, 0.15) is 5.69 Å². The van der Waals surface area contributed by atoms with Crippen LogP contribution in [0.5, 0.6) is 0 Å². The molecule has 1 unspecified atom stereocenters. The Bertz CT molecular complexity index is 1060. The van der Waals surface area contributed by atoms with Crippen LogP contribution in [-0.2, 0) is 23.8 Å². The van der Waals surface area contributed by atoms with E-state index in [4.69, 9.17) is 15.5 Å². The Labute approximate surface area is 182 Å². The molecule has 2 aliphatic rings. The van der Waals surface area contributed by atoms with Crippen LogP contribution in [0.25, 0.3) is 0 Å². The number of nitrogens with zero attached hydrogens (tertiary/aromatic N) is 3. The Morgan fingerprint density at radius 1 is 1.52 bits per heavy atom. The number of thiazole rings is 1. The minimum atomic E-state index is -4.55. The molecule has 1 aromatic heterocycles. The Morgan fingerprint density at radius 3 is 2.77 bits per heavy atom. The number of carbonyl (C=O) groups excluding carboxylic acids is 2. The number of nitrogens with one attached hydrogen (secondary N) is 1. The topological polar surface area (TPSA) is 205 Å². The number of carboxylic acid groups (broad SMARTS) is 1. The number of allylic oxidation sites excluding steroid dienone is 1. The Kier molecular flexibility index (Phi) is 6.52. The highest BCUT2D eigenvalue weighted by atomic mass is 32.2.